The van der Waals surface area contributed by atoms with Gasteiger partial charge in [0.2, 0.25) is 0 Å². The Bertz CT molecular complexity index is 1130. The Labute approximate surface area is 164 Å². The molecule has 2 heterocycles. The maximum Gasteiger partial charge on any atom is 0.322 e. The third kappa shape index (κ3) is 3.33. The zero-order valence-electron chi connectivity index (χ0n) is 15.3. The van der Waals surface area contributed by atoms with E-state index in [9.17, 15) is 18.8 Å². The summed E-state index contributed by atoms with van der Waals surface area (Å²) in [7, 11) is 0. The number of urea groups is 1. The van der Waals surface area contributed by atoms with Gasteiger partial charge in [0.1, 0.15) is 17.1 Å². The Hall–Kier alpha value is -4.01. The molecule has 0 saturated carbocycles. The van der Waals surface area contributed by atoms with Crippen LogP contribution in [0, 0.1) is 5.82 Å². The lowest BCUT2D eigenvalue weighted by Gasteiger charge is -2.21. The van der Waals surface area contributed by atoms with Gasteiger partial charge in [-0.25, -0.2) is 14.2 Å². The van der Waals surface area contributed by atoms with Crippen LogP contribution in [0.25, 0.3) is 5.69 Å². The van der Waals surface area contributed by atoms with Crippen LogP contribution in [0.3, 0.4) is 0 Å². The van der Waals surface area contributed by atoms with Crippen molar-refractivity contribution in [3.63, 3.8) is 0 Å². The predicted molar refractivity (Wildman–Crippen MR) is 102 cm³/mol. The minimum Gasteiger partial charge on any atom is -0.321 e. The summed E-state index contributed by atoms with van der Waals surface area (Å²) in [5.41, 5.74) is 0.564. The summed E-state index contributed by atoms with van der Waals surface area (Å²) in [4.78, 5) is 40.4. The molecular weight excluding hydrogens is 377 g/mol. The molecular formula is C20H16FN5O3. The topological polar surface area (TPSA) is 105 Å². The number of nitrogens with one attached hydrogen (secondary N) is 3. The minimum atomic E-state index is -1.23. The minimum absolute atomic E-state index is 0.250. The van der Waals surface area contributed by atoms with E-state index in [4.69, 9.17) is 0 Å². The van der Waals surface area contributed by atoms with Gasteiger partial charge in [0, 0.05) is 11.4 Å². The van der Waals surface area contributed by atoms with Crippen molar-refractivity contribution in [2.24, 2.45) is 0 Å². The molecule has 2 aromatic carbocycles. The molecule has 4 amide bonds. The van der Waals surface area contributed by atoms with E-state index in [0.717, 1.165) is 0 Å². The summed E-state index contributed by atoms with van der Waals surface area (Å²) in [5, 5.41) is 7.54. The quantitative estimate of drug-likeness (QED) is 0.592. The van der Waals surface area contributed by atoms with Crippen LogP contribution in [-0.4, -0.2) is 27.4 Å². The summed E-state index contributed by atoms with van der Waals surface area (Å²) in [6.07, 6.45) is 2.85. The molecule has 0 bridgehead atoms. The van der Waals surface area contributed by atoms with E-state index in [1.165, 1.54) is 41.4 Å². The number of rotatable bonds is 4. The largest absolute Gasteiger partial charge is 0.322 e. The van der Waals surface area contributed by atoms with Crippen LogP contribution in [0.4, 0.5) is 14.9 Å². The highest BCUT2D eigenvalue weighted by molar-refractivity contribution is 6.07. The first kappa shape index (κ1) is 18.4. The third-order valence-electron chi connectivity index (χ3n) is 4.72. The van der Waals surface area contributed by atoms with Crippen molar-refractivity contribution < 1.29 is 18.8 Å². The summed E-state index contributed by atoms with van der Waals surface area (Å²) in [5.74, 6) is -1.29. The Balaban J connectivity index is 1.59. The lowest BCUT2D eigenvalue weighted by atomic mass is 9.92. The normalized spacial score (nSPS) is 18.3. The number of aromatic nitrogens is 2. The average molecular weight is 393 g/mol. The van der Waals surface area contributed by atoms with E-state index in [0.29, 0.717) is 16.9 Å². The van der Waals surface area contributed by atoms with Crippen LogP contribution >= 0.6 is 0 Å². The smallest absolute Gasteiger partial charge is 0.321 e. The fraction of sp³-hybridized carbons (Fsp3) is 0.100. The molecule has 1 atom stereocenters. The highest BCUT2D eigenvalue weighted by Crippen LogP contribution is 2.26. The molecule has 146 valence electrons. The molecule has 8 nitrogen and oxygen atoms in total. The number of imide groups is 1. The maximum atomic E-state index is 13.2. The van der Waals surface area contributed by atoms with Crippen LogP contribution in [-0.2, 0) is 10.3 Å². The van der Waals surface area contributed by atoms with Crippen LogP contribution in [0.1, 0.15) is 23.0 Å². The molecule has 3 N–H and O–H groups in total. The lowest BCUT2D eigenvalue weighted by Crippen LogP contribution is -2.40. The summed E-state index contributed by atoms with van der Waals surface area (Å²) in [6.45, 7) is 1.58. The number of anilines is 1. The van der Waals surface area contributed by atoms with Crippen LogP contribution in [0.2, 0.25) is 0 Å². The molecule has 1 saturated heterocycles. The summed E-state index contributed by atoms with van der Waals surface area (Å²) >= 11 is 0. The molecule has 1 aliphatic rings. The molecule has 3 aromatic rings. The average Bonchev–Trinajstić information content (AvgIpc) is 3.28. The van der Waals surface area contributed by atoms with E-state index in [-0.39, 0.29) is 11.5 Å². The predicted octanol–water partition coefficient (Wildman–Crippen LogP) is 2.32. The molecule has 1 fully saturated rings. The Morgan fingerprint density at radius 2 is 1.93 bits per heavy atom. The van der Waals surface area contributed by atoms with Gasteiger partial charge >= 0.3 is 6.03 Å². The van der Waals surface area contributed by atoms with Gasteiger partial charge in [0.15, 0.2) is 0 Å². The SMILES string of the molecule is C[C@@]1(c2cccc(NC(=O)c3cncn3-c3ccc(F)cc3)c2)NC(=O)NC1=O. The van der Waals surface area contributed by atoms with Crippen molar-refractivity contribution in [2.75, 3.05) is 5.32 Å². The van der Waals surface area contributed by atoms with E-state index in [1.807, 2.05) is 0 Å². The van der Waals surface area contributed by atoms with Gasteiger partial charge < -0.3 is 10.6 Å². The monoisotopic (exact) mass is 393 g/mol. The summed E-state index contributed by atoms with van der Waals surface area (Å²) in [6, 6.07) is 11.7. The first-order chi connectivity index (χ1) is 13.9. The molecule has 0 unspecified atom stereocenters. The second-order valence-corrected chi connectivity index (χ2v) is 6.69. The Morgan fingerprint density at radius 1 is 1.17 bits per heavy atom. The molecule has 0 radical (unpaired) electrons. The number of amides is 4. The highest BCUT2D eigenvalue weighted by atomic mass is 19.1. The van der Waals surface area contributed by atoms with Crippen molar-refractivity contribution in [2.45, 2.75) is 12.5 Å². The lowest BCUT2D eigenvalue weighted by molar-refractivity contribution is -0.123. The maximum absolute atomic E-state index is 13.2. The molecule has 1 aliphatic heterocycles. The zero-order valence-corrected chi connectivity index (χ0v) is 15.3. The summed E-state index contributed by atoms with van der Waals surface area (Å²) < 4.78 is 14.7. The number of hydrogen-bond acceptors (Lipinski definition) is 4. The van der Waals surface area contributed by atoms with Gasteiger partial charge in [-0.2, -0.15) is 0 Å². The van der Waals surface area contributed by atoms with Gasteiger partial charge in [-0.05, 0) is 48.9 Å². The van der Waals surface area contributed by atoms with E-state index in [1.54, 1.807) is 31.2 Å². The Morgan fingerprint density at radius 3 is 2.62 bits per heavy atom. The third-order valence-corrected chi connectivity index (χ3v) is 4.72. The van der Waals surface area contributed by atoms with Crippen molar-refractivity contribution >= 4 is 23.5 Å². The molecule has 1 aromatic heterocycles. The van der Waals surface area contributed by atoms with E-state index in [2.05, 4.69) is 20.9 Å². The van der Waals surface area contributed by atoms with E-state index < -0.39 is 23.4 Å². The molecule has 0 aliphatic carbocycles. The van der Waals surface area contributed by atoms with Gasteiger partial charge in [0.25, 0.3) is 11.8 Å². The molecule has 0 spiro atoms. The first-order valence-corrected chi connectivity index (χ1v) is 8.70. The van der Waals surface area contributed by atoms with Gasteiger partial charge in [0.05, 0.1) is 12.5 Å². The number of carbonyl (C=O) groups excluding carboxylic acids is 3. The number of imidazole rings is 1. The molecule has 4 rings (SSSR count). The van der Waals surface area contributed by atoms with Crippen LogP contribution in [0.15, 0.2) is 61.1 Å². The number of benzene rings is 2. The van der Waals surface area contributed by atoms with E-state index >= 15 is 0 Å². The second-order valence-electron chi connectivity index (χ2n) is 6.69. The van der Waals surface area contributed by atoms with Crippen molar-refractivity contribution in [3.05, 3.63) is 78.1 Å². The first-order valence-electron chi connectivity index (χ1n) is 8.70. The standard InChI is InChI=1S/C20H16FN5O3/c1-20(18(28)24-19(29)25-20)12-3-2-4-14(9-12)23-17(27)16-10-22-11-26(16)15-7-5-13(21)6-8-15/h2-11H,1H3,(H,23,27)(H2,24,25,28,29)/t20-/m0/s1. The fourth-order valence-electron chi connectivity index (χ4n) is 3.12. The van der Waals surface area contributed by atoms with Crippen LogP contribution < -0.4 is 16.0 Å². The van der Waals surface area contributed by atoms with Crippen LogP contribution in [0.5, 0.6) is 0 Å². The van der Waals surface area contributed by atoms with Gasteiger partial charge in [-0.1, -0.05) is 12.1 Å². The van der Waals surface area contributed by atoms with Gasteiger partial charge in [-0.3, -0.25) is 19.5 Å². The fourth-order valence-corrected chi connectivity index (χ4v) is 3.12. The number of hydrogen-bond donors (Lipinski definition) is 3. The Kier molecular flexibility index (Phi) is 4.34. The number of halogens is 1. The highest BCUT2D eigenvalue weighted by Gasteiger charge is 2.43. The van der Waals surface area contributed by atoms with Crippen molar-refractivity contribution in [1.82, 2.24) is 20.2 Å². The van der Waals surface area contributed by atoms with Gasteiger partial charge in [-0.15, -0.1) is 0 Å². The second kappa shape index (κ2) is 6.86. The van der Waals surface area contributed by atoms with Crippen molar-refractivity contribution in [3.8, 4) is 5.69 Å². The number of nitrogens with zero attached hydrogens (tertiary/aromatic N) is 2. The molecule has 29 heavy (non-hydrogen) atoms. The van der Waals surface area contributed by atoms with Crippen molar-refractivity contribution in [1.29, 1.82) is 0 Å². The molecule has 9 heteroatoms. The number of carbonyl (C=O) groups is 3. The zero-order chi connectivity index (χ0) is 20.6.